The number of amides is 3. The Morgan fingerprint density at radius 1 is 1.17 bits per heavy atom. The number of halogens is 2. The first-order chi connectivity index (χ1) is 19.2. The fraction of sp³-hybridized carbons (Fsp3) is 0.379. The van der Waals surface area contributed by atoms with Crippen LogP contribution in [0.15, 0.2) is 48.6 Å². The van der Waals surface area contributed by atoms with Crippen LogP contribution in [0, 0.1) is 0 Å². The van der Waals surface area contributed by atoms with Gasteiger partial charge >= 0.3 is 5.97 Å². The number of allylic oxidation sites excluding steroid dienone is 1. The molecule has 0 unspecified atom stereocenters. The van der Waals surface area contributed by atoms with E-state index < -0.39 is 35.3 Å². The minimum absolute atomic E-state index is 0.154. The van der Waals surface area contributed by atoms with Crippen LogP contribution in [0.5, 0.6) is 0 Å². The highest BCUT2D eigenvalue weighted by molar-refractivity contribution is 7.18. The Morgan fingerprint density at radius 2 is 1.83 bits per heavy atom. The van der Waals surface area contributed by atoms with Crippen LogP contribution in [0.2, 0.25) is 10.0 Å². The van der Waals surface area contributed by atoms with Crippen molar-refractivity contribution in [2.24, 2.45) is 0 Å². The van der Waals surface area contributed by atoms with Crippen LogP contribution in [0.3, 0.4) is 0 Å². The van der Waals surface area contributed by atoms with Crippen LogP contribution in [0.4, 0.5) is 0 Å². The summed E-state index contributed by atoms with van der Waals surface area (Å²) in [5.41, 5.74) is -2.55. The first-order valence-corrected chi connectivity index (χ1v) is 14.5. The number of hydrogen-bond donors (Lipinski definition) is 3. The maximum Gasteiger partial charge on any atom is 0.306 e. The smallest absolute Gasteiger partial charge is 0.306 e. The van der Waals surface area contributed by atoms with Crippen LogP contribution in [-0.4, -0.2) is 64.0 Å². The predicted molar refractivity (Wildman–Crippen MR) is 162 cm³/mol. The van der Waals surface area contributed by atoms with E-state index in [0.29, 0.717) is 41.5 Å². The normalized spacial score (nSPS) is 15.8. The van der Waals surface area contributed by atoms with Crippen LogP contribution in [0.1, 0.15) is 45.6 Å². The Kier molecular flexibility index (Phi) is 10.3. The first-order valence-electron chi connectivity index (χ1n) is 12.8. The highest BCUT2D eigenvalue weighted by Gasteiger charge is 2.42. The summed E-state index contributed by atoms with van der Waals surface area (Å²) in [6.45, 7) is 12.2. The van der Waals surface area contributed by atoms with Crippen molar-refractivity contribution >= 4 is 74.4 Å². The van der Waals surface area contributed by atoms with E-state index in [4.69, 9.17) is 27.9 Å². The highest BCUT2D eigenvalue weighted by Crippen LogP contribution is 2.37. The largest absolute Gasteiger partial charge is 0.481 e. The molecule has 1 atom stereocenters. The lowest BCUT2D eigenvalue weighted by Gasteiger charge is -2.36. The number of likely N-dealkylation sites (tertiary alicyclic amines) is 1. The van der Waals surface area contributed by atoms with Gasteiger partial charge in [-0.05, 0) is 74.2 Å². The maximum atomic E-state index is 13.2. The minimum atomic E-state index is -1.75. The van der Waals surface area contributed by atoms with Crippen LogP contribution >= 0.6 is 34.5 Å². The van der Waals surface area contributed by atoms with Crippen molar-refractivity contribution < 1.29 is 29.0 Å². The Bertz CT molecular complexity index is 1410. The zero-order chi connectivity index (χ0) is 30.5. The molecule has 41 heavy (non-hydrogen) atoms. The van der Waals surface area contributed by atoms with Gasteiger partial charge in [-0.1, -0.05) is 36.4 Å². The molecular weight excluding hydrogens is 589 g/mol. The van der Waals surface area contributed by atoms with E-state index in [1.807, 2.05) is 17.5 Å². The van der Waals surface area contributed by atoms with E-state index in [2.05, 4.69) is 23.8 Å². The second-order valence-electron chi connectivity index (χ2n) is 10.5. The number of aliphatic carboxylic acids is 1. The van der Waals surface area contributed by atoms with Gasteiger partial charge in [-0.3, -0.25) is 19.2 Å². The van der Waals surface area contributed by atoms with Gasteiger partial charge in [0.2, 0.25) is 11.8 Å². The van der Waals surface area contributed by atoms with Gasteiger partial charge < -0.3 is 25.4 Å². The second-order valence-corrected chi connectivity index (χ2v) is 12.2. The van der Waals surface area contributed by atoms with Gasteiger partial charge in [0, 0.05) is 25.2 Å². The summed E-state index contributed by atoms with van der Waals surface area (Å²) in [6.07, 6.45) is 4.66. The zero-order valence-corrected chi connectivity index (χ0v) is 25.4. The topological polar surface area (TPSA) is 125 Å². The number of carbonyl (C=O) groups excluding carboxylic acids is 3. The molecule has 12 heteroatoms. The van der Waals surface area contributed by atoms with E-state index in [-0.39, 0.29) is 17.7 Å². The molecule has 1 aromatic carbocycles. The molecule has 9 nitrogen and oxygen atoms in total. The van der Waals surface area contributed by atoms with Gasteiger partial charge in [-0.15, -0.1) is 11.3 Å². The molecule has 3 N–H and O–H groups in total. The van der Waals surface area contributed by atoms with Crippen molar-refractivity contribution in [2.45, 2.75) is 57.2 Å². The van der Waals surface area contributed by atoms with E-state index in [9.17, 15) is 24.3 Å². The number of rotatable bonds is 11. The van der Waals surface area contributed by atoms with E-state index in [1.54, 1.807) is 11.0 Å². The van der Waals surface area contributed by atoms with Gasteiger partial charge in [0.15, 0.2) is 5.60 Å². The molecule has 0 saturated carbocycles. The molecule has 1 saturated heterocycles. The van der Waals surface area contributed by atoms with Crippen molar-refractivity contribution in [3.05, 3.63) is 64.2 Å². The molecule has 220 valence electrons. The fourth-order valence-corrected chi connectivity index (χ4v) is 5.78. The predicted octanol–water partition coefficient (Wildman–Crippen LogP) is 5.17. The van der Waals surface area contributed by atoms with Crippen LogP contribution in [-0.2, 0) is 23.9 Å². The Hall–Kier alpha value is -3.34. The number of fused-ring (bicyclic) bond motifs is 1. The molecule has 0 bridgehead atoms. The van der Waals surface area contributed by atoms with Crippen molar-refractivity contribution in [2.75, 3.05) is 13.1 Å². The quantitative estimate of drug-likeness (QED) is 0.180. The number of benzene rings is 1. The fourth-order valence-electron chi connectivity index (χ4n) is 4.35. The number of thiophene rings is 1. The van der Waals surface area contributed by atoms with Gasteiger partial charge in [-0.2, -0.15) is 0 Å². The Balaban J connectivity index is 1.61. The molecule has 3 amide bonds. The standard InChI is InChI=1S/C29H33Cl2N3O6S/c1-6-17(2)40-28(3,4)26(38)33-29(5,16-22(36)37)27(39)32-20-9-12-34(13-10-20)21(35)8-7-18-15-19-11-14-41-25(19)24(31)23(18)30/h6-8,11,14-15,20H,1-2,9-10,12-13,16H2,3-5H3,(H,32,39)(H,33,38)(H,36,37)/b8-7+/t29-/m0/s1. The number of nitrogens with one attached hydrogen (secondary N) is 2. The van der Waals surface area contributed by atoms with Crippen molar-refractivity contribution in [3.63, 3.8) is 0 Å². The molecule has 1 aliphatic rings. The average molecular weight is 623 g/mol. The molecule has 1 aromatic heterocycles. The SMILES string of the molecule is C=CC(=C)OC(C)(C)C(=O)N[C@@](C)(CC(=O)O)C(=O)NC1CCN(C(=O)/C=C/c2cc3ccsc3c(Cl)c2Cl)CC1. The van der Waals surface area contributed by atoms with Gasteiger partial charge in [-0.25, -0.2) is 0 Å². The lowest BCUT2D eigenvalue weighted by molar-refractivity contribution is -0.148. The Morgan fingerprint density at radius 3 is 2.44 bits per heavy atom. The number of carboxylic acids is 1. The molecule has 3 rings (SSSR count). The van der Waals surface area contributed by atoms with Gasteiger partial charge in [0.1, 0.15) is 11.3 Å². The summed E-state index contributed by atoms with van der Waals surface area (Å²) in [5.74, 6) is -2.65. The lowest BCUT2D eigenvalue weighted by atomic mass is 9.93. The maximum absolute atomic E-state index is 13.2. The molecule has 0 radical (unpaired) electrons. The van der Waals surface area contributed by atoms with E-state index in [1.165, 1.54) is 44.3 Å². The number of carbonyl (C=O) groups is 4. The summed E-state index contributed by atoms with van der Waals surface area (Å²) in [7, 11) is 0. The number of nitrogens with zero attached hydrogens (tertiary/aromatic N) is 1. The lowest BCUT2D eigenvalue weighted by Crippen LogP contribution is -2.63. The number of ether oxygens (including phenoxy) is 1. The zero-order valence-electron chi connectivity index (χ0n) is 23.1. The van der Waals surface area contributed by atoms with E-state index in [0.717, 1.165) is 10.1 Å². The molecule has 0 aliphatic carbocycles. The minimum Gasteiger partial charge on any atom is -0.481 e. The summed E-state index contributed by atoms with van der Waals surface area (Å²) in [6, 6.07) is 3.49. The summed E-state index contributed by atoms with van der Waals surface area (Å²) >= 11 is 14.3. The number of piperidine rings is 1. The van der Waals surface area contributed by atoms with Crippen LogP contribution in [0.25, 0.3) is 16.2 Å². The Labute approximate surface area is 252 Å². The molecule has 1 aliphatic heterocycles. The van der Waals surface area contributed by atoms with Crippen molar-refractivity contribution in [1.29, 1.82) is 0 Å². The van der Waals surface area contributed by atoms with Crippen molar-refractivity contribution in [1.82, 2.24) is 15.5 Å². The molecule has 1 fully saturated rings. The third kappa shape index (κ3) is 7.90. The molecule has 0 spiro atoms. The number of carboxylic acid groups (broad SMARTS) is 1. The highest BCUT2D eigenvalue weighted by atomic mass is 35.5. The van der Waals surface area contributed by atoms with Crippen LogP contribution < -0.4 is 10.6 Å². The third-order valence-electron chi connectivity index (χ3n) is 6.76. The van der Waals surface area contributed by atoms with Crippen molar-refractivity contribution in [3.8, 4) is 0 Å². The van der Waals surface area contributed by atoms with Gasteiger partial charge in [0.05, 0.1) is 21.2 Å². The monoisotopic (exact) mass is 621 g/mol. The first kappa shape index (κ1) is 32.2. The average Bonchev–Trinajstić information content (AvgIpc) is 3.38. The summed E-state index contributed by atoms with van der Waals surface area (Å²) < 4.78 is 6.37. The van der Waals surface area contributed by atoms with E-state index >= 15 is 0 Å². The molecule has 2 aromatic rings. The summed E-state index contributed by atoms with van der Waals surface area (Å²) in [4.78, 5) is 52.3. The number of hydrogen-bond acceptors (Lipinski definition) is 6. The summed E-state index contributed by atoms with van der Waals surface area (Å²) in [5, 5.41) is 18.5. The second kappa shape index (κ2) is 13.1. The molecule has 2 heterocycles. The third-order valence-corrected chi connectivity index (χ3v) is 8.70. The molecular formula is C29H33Cl2N3O6S. The van der Waals surface area contributed by atoms with Gasteiger partial charge in [0.25, 0.3) is 5.91 Å².